The number of rotatable bonds is 7. The highest BCUT2D eigenvalue weighted by molar-refractivity contribution is 6.04. The van der Waals surface area contributed by atoms with Crippen molar-refractivity contribution in [3.05, 3.63) is 47.5 Å². The van der Waals surface area contributed by atoms with Crippen LogP contribution in [0.2, 0.25) is 0 Å². The van der Waals surface area contributed by atoms with E-state index in [-0.39, 0.29) is 11.8 Å². The van der Waals surface area contributed by atoms with E-state index >= 15 is 0 Å². The van der Waals surface area contributed by atoms with Crippen molar-refractivity contribution in [1.29, 1.82) is 0 Å². The Morgan fingerprint density at radius 2 is 1.50 bits per heavy atom. The zero-order valence-electron chi connectivity index (χ0n) is 15.2. The molecule has 0 unspecified atom stereocenters. The Morgan fingerprint density at radius 1 is 0.923 bits per heavy atom. The molecule has 2 rings (SSSR count). The molecule has 2 aromatic rings. The Morgan fingerprint density at radius 3 is 1.96 bits per heavy atom. The number of nitrogens with one attached hydrogen (secondary N) is 2. The Labute approximate surface area is 152 Å². The standard InChI is InChI=1S/C19H22N2O5/c1-12(22)20-11-13-5-7-14(8-6-13)19(23)21-15-9-16(24-2)18(26-4)17(10-15)25-3/h5-10H,11H2,1-4H3,(H,20,22)(H,21,23). The monoisotopic (exact) mass is 358 g/mol. The lowest BCUT2D eigenvalue weighted by Crippen LogP contribution is -2.19. The molecule has 0 aliphatic heterocycles. The molecule has 0 aliphatic rings. The molecular weight excluding hydrogens is 336 g/mol. The molecule has 0 fully saturated rings. The zero-order chi connectivity index (χ0) is 19.1. The lowest BCUT2D eigenvalue weighted by atomic mass is 10.1. The predicted molar refractivity (Wildman–Crippen MR) is 98.0 cm³/mol. The molecule has 7 nitrogen and oxygen atoms in total. The number of methoxy groups -OCH3 is 3. The van der Waals surface area contributed by atoms with Crippen LogP contribution in [0.5, 0.6) is 17.2 Å². The number of anilines is 1. The third kappa shape index (κ3) is 4.66. The highest BCUT2D eigenvalue weighted by Crippen LogP contribution is 2.40. The summed E-state index contributed by atoms with van der Waals surface area (Å²) in [5.41, 5.74) is 1.92. The van der Waals surface area contributed by atoms with Gasteiger partial charge >= 0.3 is 0 Å². The summed E-state index contributed by atoms with van der Waals surface area (Å²) in [6.07, 6.45) is 0. The first kappa shape index (κ1) is 19.1. The minimum atomic E-state index is -0.273. The molecular formula is C19H22N2O5. The number of hydrogen-bond donors (Lipinski definition) is 2. The molecule has 26 heavy (non-hydrogen) atoms. The van der Waals surface area contributed by atoms with Crippen LogP contribution in [0.1, 0.15) is 22.8 Å². The molecule has 0 aliphatic carbocycles. The number of carbonyl (C=O) groups excluding carboxylic acids is 2. The molecule has 2 aromatic carbocycles. The third-order valence-corrected chi connectivity index (χ3v) is 3.68. The first-order valence-corrected chi connectivity index (χ1v) is 7.93. The van der Waals surface area contributed by atoms with Gasteiger partial charge in [0.15, 0.2) is 11.5 Å². The van der Waals surface area contributed by atoms with Gasteiger partial charge in [0.05, 0.1) is 21.3 Å². The normalized spacial score (nSPS) is 10.0. The first-order valence-electron chi connectivity index (χ1n) is 7.93. The van der Waals surface area contributed by atoms with Crippen LogP contribution in [0, 0.1) is 0 Å². The van der Waals surface area contributed by atoms with Crippen molar-refractivity contribution in [3.8, 4) is 17.2 Å². The van der Waals surface area contributed by atoms with Crippen LogP contribution in [-0.4, -0.2) is 33.1 Å². The topological polar surface area (TPSA) is 85.9 Å². The van der Waals surface area contributed by atoms with Gasteiger partial charge in [0.25, 0.3) is 5.91 Å². The van der Waals surface area contributed by atoms with E-state index in [2.05, 4.69) is 10.6 Å². The van der Waals surface area contributed by atoms with Crippen LogP contribution in [0.25, 0.3) is 0 Å². The van der Waals surface area contributed by atoms with Crippen molar-refractivity contribution in [3.63, 3.8) is 0 Å². The quantitative estimate of drug-likeness (QED) is 0.795. The zero-order valence-corrected chi connectivity index (χ0v) is 15.2. The molecule has 0 atom stereocenters. The fraction of sp³-hybridized carbons (Fsp3) is 0.263. The fourth-order valence-corrected chi connectivity index (χ4v) is 2.36. The SMILES string of the molecule is COc1cc(NC(=O)c2ccc(CNC(C)=O)cc2)cc(OC)c1OC. The highest BCUT2D eigenvalue weighted by atomic mass is 16.5. The van der Waals surface area contributed by atoms with Crippen LogP contribution in [0.3, 0.4) is 0 Å². The third-order valence-electron chi connectivity index (χ3n) is 3.68. The van der Waals surface area contributed by atoms with Crippen LogP contribution in [0.4, 0.5) is 5.69 Å². The van der Waals surface area contributed by atoms with Crippen molar-refractivity contribution in [2.24, 2.45) is 0 Å². The summed E-state index contributed by atoms with van der Waals surface area (Å²) < 4.78 is 15.8. The molecule has 138 valence electrons. The largest absolute Gasteiger partial charge is 0.493 e. The molecule has 0 aromatic heterocycles. The number of amides is 2. The Balaban J connectivity index is 2.15. The Bertz CT molecular complexity index is 762. The van der Waals surface area contributed by atoms with E-state index in [9.17, 15) is 9.59 Å². The van der Waals surface area contributed by atoms with Crippen molar-refractivity contribution in [2.75, 3.05) is 26.6 Å². The van der Waals surface area contributed by atoms with Gasteiger partial charge in [-0.1, -0.05) is 12.1 Å². The van der Waals surface area contributed by atoms with Crippen LogP contribution >= 0.6 is 0 Å². The molecule has 7 heteroatoms. The fourth-order valence-electron chi connectivity index (χ4n) is 2.36. The molecule has 0 spiro atoms. The number of hydrogen-bond acceptors (Lipinski definition) is 5. The van der Waals surface area contributed by atoms with Crippen LogP contribution in [-0.2, 0) is 11.3 Å². The summed E-state index contributed by atoms with van der Waals surface area (Å²) in [6, 6.07) is 10.3. The maximum absolute atomic E-state index is 12.5. The van der Waals surface area contributed by atoms with E-state index < -0.39 is 0 Å². The lowest BCUT2D eigenvalue weighted by Gasteiger charge is -2.14. The Hall–Kier alpha value is -3.22. The molecule has 0 saturated carbocycles. The van der Waals surface area contributed by atoms with Gasteiger partial charge in [-0.3, -0.25) is 9.59 Å². The van der Waals surface area contributed by atoms with Gasteiger partial charge in [0.1, 0.15) is 0 Å². The molecule has 0 saturated heterocycles. The van der Waals surface area contributed by atoms with Crippen molar-refractivity contribution >= 4 is 17.5 Å². The van der Waals surface area contributed by atoms with E-state index in [1.54, 1.807) is 36.4 Å². The average molecular weight is 358 g/mol. The van der Waals surface area contributed by atoms with Crippen molar-refractivity contribution < 1.29 is 23.8 Å². The van der Waals surface area contributed by atoms with E-state index in [4.69, 9.17) is 14.2 Å². The second-order valence-corrected chi connectivity index (χ2v) is 5.47. The molecule has 0 bridgehead atoms. The first-order chi connectivity index (χ1) is 12.5. The summed E-state index contributed by atoms with van der Waals surface area (Å²) in [4.78, 5) is 23.4. The smallest absolute Gasteiger partial charge is 0.255 e. The van der Waals surface area contributed by atoms with Gasteiger partial charge in [-0.05, 0) is 17.7 Å². The number of ether oxygens (including phenoxy) is 3. The van der Waals surface area contributed by atoms with Crippen LogP contribution in [0.15, 0.2) is 36.4 Å². The summed E-state index contributed by atoms with van der Waals surface area (Å²) >= 11 is 0. The minimum absolute atomic E-state index is 0.103. The maximum atomic E-state index is 12.5. The molecule has 2 amide bonds. The molecule has 0 heterocycles. The second-order valence-electron chi connectivity index (χ2n) is 5.47. The van der Waals surface area contributed by atoms with Crippen molar-refractivity contribution in [1.82, 2.24) is 5.32 Å². The molecule has 0 radical (unpaired) electrons. The number of benzene rings is 2. The summed E-state index contributed by atoms with van der Waals surface area (Å²) in [7, 11) is 4.54. The van der Waals surface area contributed by atoms with E-state index in [0.29, 0.717) is 35.0 Å². The van der Waals surface area contributed by atoms with Gasteiger partial charge in [-0.25, -0.2) is 0 Å². The number of carbonyl (C=O) groups is 2. The summed E-state index contributed by atoms with van der Waals surface area (Å²) in [5.74, 6) is 0.982. The highest BCUT2D eigenvalue weighted by Gasteiger charge is 2.15. The predicted octanol–water partition coefficient (Wildman–Crippen LogP) is 2.60. The van der Waals surface area contributed by atoms with E-state index in [0.717, 1.165) is 5.56 Å². The van der Waals surface area contributed by atoms with E-state index in [1.807, 2.05) is 0 Å². The van der Waals surface area contributed by atoms with Gasteiger partial charge < -0.3 is 24.8 Å². The van der Waals surface area contributed by atoms with Gasteiger partial charge in [-0.15, -0.1) is 0 Å². The summed E-state index contributed by atoms with van der Waals surface area (Å²) in [5, 5.41) is 5.51. The lowest BCUT2D eigenvalue weighted by molar-refractivity contribution is -0.119. The average Bonchev–Trinajstić information content (AvgIpc) is 2.65. The van der Waals surface area contributed by atoms with Crippen LogP contribution < -0.4 is 24.8 Å². The van der Waals surface area contributed by atoms with Gasteiger partial charge in [0.2, 0.25) is 11.7 Å². The second kappa shape index (κ2) is 8.75. The molecule has 2 N–H and O–H groups in total. The van der Waals surface area contributed by atoms with Gasteiger partial charge in [0, 0.05) is 36.9 Å². The summed E-state index contributed by atoms with van der Waals surface area (Å²) in [6.45, 7) is 1.88. The van der Waals surface area contributed by atoms with Crippen molar-refractivity contribution in [2.45, 2.75) is 13.5 Å². The minimum Gasteiger partial charge on any atom is -0.493 e. The Kier molecular flexibility index (Phi) is 6.43. The van der Waals surface area contributed by atoms with E-state index in [1.165, 1.54) is 28.3 Å². The maximum Gasteiger partial charge on any atom is 0.255 e. The van der Waals surface area contributed by atoms with Gasteiger partial charge in [-0.2, -0.15) is 0 Å².